The van der Waals surface area contributed by atoms with E-state index in [1.165, 1.54) is 4.90 Å². The van der Waals surface area contributed by atoms with Gasteiger partial charge in [-0.25, -0.2) is 4.79 Å². The Balaban J connectivity index is 1.75. The highest BCUT2D eigenvalue weighted by atomic mass is 16.3. The van der Waals surface area contributed by atoms with Crippen LogP contribution < -0.4 is 5.32 Å². The number of urea groups is 1. The van der Waals surface area contributed by atoms with Crippen molar-refractivity contribution in [3.63, 3.8) is 0 Å². The predicted molar refractivity (Wildman–Crippen MR) is 96.2 cm³/mol. The van der Waals surface area contributed by atoms with Crippen LogP contribution >= 0.6 is 0 Å². The van der Waals surface area contributed by atoms with Crippen LogP contribution in [0.2, 0.25) is 0 Å². The lowest BCUT2D eigenvalue weighted by molar-refractivity contribution is -0.0202. The Morgan fingerprint density at radius 2 is 1.60 bits per heavy atom. The number of hydrogen-bond donors (Lipinski definition) is 3. The van der Waals surface area contributed by atoms with Crippen LogP contribution in [0.1, 0.15) is 11.1 Å². The van der Waals surface area contributed by atoms with Gasteiger partial charge in [0.15, 0.2) is 0 Å². The highest BCUT2D eigenvalue weighted by molar-refractivity contribution is 5.76. The van der Waals surface area contributed by atoms with Gasteiger partial charge in [-0.15, -0.1) is 0 Å². The summed E-state index contributed by atoms with van der Waals surface area (Å²) in [5.41, 5.74) is 2.01. The number of carbonyl (C=O) groups is 1. The minimum atomic E-state index is -0.860. The number of likely N-dealkylation sites (N-methyl/N-ethyl adjacent to an activating group) is 1. The molecule has 5 heteroatoms. The summed E-state index contributed by atoms with van der Waals surface area (Å²) in [6, 6.07) is 18.0. The standard InChI is InChI=1S/C20H24N2O3/c1-22-16(12-14-8-4-2-5-9-14)19(24)18(21-20(22)25)17(23)13-15-10-6-3-7-11-15/h2-11,16-19,23-24H,12-13H2,1H3,(H,21,25)/t16-,17?,18-,19+/m1/s1. The number of amides is 2. The van der Waals surface area contributed by atoms with Crippen LogP contribution in [-0.2, 0) is 12.8 Å². The topological polar surface area (TPSA) is 72.8 Å². The molecule has 5 nitrogen and oxygen atoms in total. The summed E-state index contributed by atoms with van der Waals surface area (Å²) in [5, 5.41) is 24.1. The molecule has 0 aromatic heterocycles. The third-order valence-electron chi connectivity index (χ3n) is 4.86. The number of aliphatic hydroxyl groups excluding tert-OH is 2. The fraction of sp³-hybridized carbons (Fsp3) is 0.350. The maximum Gasteiger partial charge on any atom is 0.317 e. The molecule has 2 aromatic rings. The predicted octanol–water partition coefficient (Wildman–Crippen LogP) is 1.59. The summed E-state index contributed by atoms with van der Waals surface area (Å²) in [5.74, 6) is 0. The second kappa shape index (κ2) is 7.68. The molecule has 0 spiro atoms. The minimum absolute atomic E-state index is 0.275. The molecule has 1 unspecified atom stereocenters. The van der Waals surface area contributed by atoms with Gasteiger partial charge < -0.3 is 20.4 Å². The van der Waals surface area contributed by atoms with E-state index in [1.807, 2.05) is 60.7 Å². The zero-order valence-electron chi connectivity index (χ0n) is 14.2. The van der Waals surface area contributed by atoms with Gasteiger partial charge in [0.2, 0.25) is 0 Å². The Hall–Kier alpha value is -2.37. The van der Waals surface area contributed by atoms with Crippen molar-refractivity contribution in [1.29, 1.82) is 0 Å². The van der Waals surface area contributed by atoms with Gasteiger partial charge in [-0.2, -0.15) is 0 Å². The summed E-state index contributed by atoms with van der Waals surface area (Å²) in [4.78, 5) is 13.8. The van der Waals surface area contributed by atoms with Gasteiger partial charge in [0.25, 0.3) is 0 Å². The van der Waals surface area contributed by atoms with Gasteiger partial charge in [0.1, 0.15) is 0 Å². The van der Waals surface area contributed by atoms with Crippen molar-refractivity contribution in [2.24, 2.45) is 0 Å². The van der Waals surface area contributed by atoms with Crippen molar-refractivity contribution in [2.45, 2.75) is 37.1 Å². The number of aliphatic hydroxyl groups is 2. The number of nitrogens with zero attached hydrogens (tertiary/aromatic N) is 1. The fourth-order valence-electron chi connectivity index (χ4n) is 3.37. The Labute approximate surface area is 147 Å². The van der Waals surface area contributed by atoms with Gasteiger partial charge in [0, 0.05) is 13.5 Å². The highest BCUT2D eigenvalue weighted by Crippen LogP contribution is 2.21. The fourth-order valence-corrected chi connectivity index (χ4v) is 3.37. The van der Waals surface area contributed by atoms with Gasteiger partial charge in [0.05, 0.1) is 24.3 Å². The quantitative estimate of drug-likeness (QED) is 0.774. The van der Waals surface area contributed by atoms with E-state index in [2.05, 4.69) is 5.32 Å². The van der Waals surface area contributed by atoms with Crippen LogP contribution in [0, 0.1) is 0 Å². The molecule has 0 bridgehead atoms. The maximum atomic E-state index is 12.3. The molecule has 1 heterocycles. The van der Waals surface area contributed by atoms with Crippen molar-refractivity contribution >= 4 is 6.03 Å². The van der Waals surface area contributed by atoms with Gasteiger partial charge >= 0.3 is 6.03 Å². The molecule has 25 heavy (non-hydrogen) atoms. The van der Waals surface area contributed by atoms with Crippen LogP contribution in [0.25, 0.3) is 0 Å². The summed E-state index contributed by atoms with van der Waals surface area (Å²) in [6.07, 6.45) is -0.791. The molecule has 2 aromatic carbocycles. The van der Waals surface area contributed by atoms with Crippen molar-refractivity contribution in [2.75, 3.05) is 7.05 Å². The van der Waals surface area contributed by atoms with Crippen LogP contribution in [-0.4, -0.2) is 52.5 Å². The molecular formula is C20H24N2O3. The van der Waals surface area contributed by atoms with E-state index in [0.717, 1.165) is 11.1 Å². The molecule has 3 N–H and O–H groups in total. The molecular weight excluding hydrogens is 316 g/mol. The number of benzene rings is 2. The Morgan fingerprint density at radius 3 is 2.20 bits per heavy atom. The lowest BCUT2D eigenvalue weighted by Crippen LogP contribution is -2.67. The minimum Gasteiger partial charge on any atom is -0.391 e. The molecule has 3 rings (SSSR count). The molecule has 0 aliphatic carbocycles. The van der Waals surface area contributed by atoms with Crippen molar-refractivity contribution < 1.29 is 15.0 Å². The van der Waals surface area contributed by atoms with Gasteiger partial charge in [-0.3, -0.25) is 0 Å². The molecule has 2 amide bonds. The van der Waals surface area contributed by atoms with E-state index >= 15 is 0 Å². The highest BCUT2D eigenvalue weighted by Gasteiger charge is 2.42. The molecule has 0 saturated carbocycles. The molecule has 1 fully saturated rings. The van der Waals surface area contributed by atoms with Gasteiger partial charge in [-0.1, -0.05) is 60.7 Å². The maximum absolute atomic E-state index is 12.3. The normalized spacial score (nSPS) is 24.7. The third kappa shape index (κ3) is 4.00. The number of rotatable bonds is 5. The molecule has 1 aliphatic rings. The lowest BCUT2D eigenvalue weighted by atomic mass is 9.88. The lowest BCUT2D eigenvalue weighted by Gasteiger charge is -2.43. The Morgan fingerprint density at radius 1 is 1.04 bits per heavy atom. The summed E-state index contributed by atoms with van der Waals surface area (Å²) in [6.45, 7) is 0. The Bertz CT molecular complexity index is 693. The van der Waals surface area contributed by atoms with E-state index in [-0.39, 0.29) is 12.1 Å². The smallest absolute Gasteiger partial charge is 0.317 e. The van der Waals surface area contributed by atoms with E-state index in [1.54, 1.807) is 7.05 Å². The monoisotopic (exact) mass is 340 g/mol. The first-order valence-electron chi connectivity index (χ1n) is 8.53. The second-order valence-electron chi connectivity index (χ2n) is 6.59. The van der Waals surface area contributed by atoms with Crippen molar-refractivity contribution in [3.8, 4) is 0 Å². The van der Waals surface area contributed by atoms with E-state index in [4.69, 9.17) is 0 Å². The van der Waals surface area contributed by atoms with E-state index in [0.29, 0.717) is 12.8 Å². The van der Waals surface area contributed by atoms with Crippen molar-refractivity contribution in [1.82, 2.24) is 10.2 Å². The van der Waals surface area contributed by atoms with Crippen LogP contribution in [0.3, 0.4) is 0 Å². The van der Waals surface area contributed by atoms with E-state index in [9.17, 15) is 15.0 Å². The van der Waals surface area contributed by atoms with E-state index < -0.39 is 18.2 Å². The largest absolute Gasteiger partial charge is 0.391 e. The van der Waals surface area contributed by atoms with Crippen molar-refractivity contribution in [3.05, 3.63) is 71.8 Å². The average molecular weight is 340 g/mol. The molecule has 4 atom stereocenters. The first-order valence-corrected chi connectivity index (χ1v) is 8.53. The van der Waals surface area contributed by atoms with Crippen LogP contribution in [0.4, 0.5) is 4.79 Å². The first-order chi connectivity index (χ1) is 12.1. The molecule has 1 aliphatic heterocycles. The zero-order chi connectivity index (χ0) is 17.8. The zero-order valence-corrected chi connectivity index (χ0v) is 14.2. The number of nitrogens with one attached hydrogen (secondary N) is 1. The average Bonchev–Trinajstić information content (AvgIpc) is 2.63. The SMILES string of the molecule is CN1C(=O)N[C@H](C(O)Cc2ccccc2)[C@@H](O)[C@H]1Cc1ccccc1. The van der Waals surface area contributed by atoms with Gasteiger partial charge in [-0.05, 0) is 17.5 Å². The van der Waals surface area contributed by atoms with Crippen LogP contribution in [0.5, 0.6) is 0 Å². The molecule has 1 saturated heterocycles. The molecule has 0 radical (unpaired) electrons. The number of carbonyl (C=O) groups excluding carboxylic acids is 1. The molecule has 132 valence electrons. The Kier molecular flexibility index (Phi) is 5.36. The third-order valence-corrected chi connectivity index (χ3v) is 4.86. The summed E-state index contributed by atoms with van der Waals surface area (Å²) >= 11 is 0. The summed E-state index contributed by atoms with van der Waals surface area (Å²) < 4.78 is 0. The second-order valence-corrected chi connectivity index (χ2v) is 6.59. The first kappa shape index (κ1) is 17.5. The number of hydrogen-bond acceptors (Lipinski definition) is 3. The summed E-state index contributed by atoms with van der Waals surface area (Å²) in [7, 11) is 1.67. The van der Waals surface area contributed by atoms with Crippen LogP contribution in [0.15, 0.2) is 60.7 Å².